The number of carbonyl (C=O) groups is 1. The summed E-state index contributed by atoms with van der Waals surface area (Å²) in [5.41, 5.74) is 1.01. The number of aromatic nitrogens is 2. The molecule has 0 spiro atoms. The number of nitrogens with one attached hydrogen (secondary N) is 1. The fourth-order valence-corrected chi connectivity index (χ4v) is 2.53. The molecule has 0 radical (unpaired) electrons. The molecule has 0 saturated carbocycles. The molecule has 6 heteroatoms. The third-order valence-corrected chi connectivity index (χ3v) is 3.77. The van der Waals surface area contributed by atoms with Crippen LogP contribution < -0.4 is 10.2 Å². The predicted molar refractivity (Wildman–Crippen MR) is 82.6 cm³/mol. The van der Waals surface area contributed by atoms with E-state index in [1.54, 1.807) is 31.2 Å². The summed E-state index contributed by atoms with van der Waals surface area (Å²) in [6.45, 7) is 3.67. The number of nitrogens with zero attached hydrogens (tertiary/aromatic N) is 3. The second-order valence-electron chi connectivity index (χ2n) is 5.36. The van der Waals surface area contributed by atoms with Gasteiger partial charge in [-0.05, 0) is 43.5 Å². The average molecular weight is 300 g/mol. The molecule has 1 fully saturated rings. The number of hydrogen-bond acceptors (Lipinski definition) is 4. The summed E-state index contributed by atoms with van der Waals surface area (Å²) in [5.74, 6) is -0.153. The number of amides is 1. The monoisotopic (exact) mass is 300 g/mol. The molecular formula is C16H17FN4O. The van der Waals surface area contributed by atoms with Gasteiger partial charge in [0, 0.05) is 13.1 Å². The van der Waals surface area contributed by atoms with Crippen molar-refractivity contribution in [2.75, 3.05) is 23.3 Å². The minimum Gasteiger partial charge on any atom is -0.355 e. The lowest BCUT2D eigenvalue weighted by molar-refractivity contribution is 0.102. The van der Waals surface area contributed by atoms with Gasteiger partial charge >= 0.3 is 0 Å². The first-order valence-electron chi connectivity index (χ1n) is 7.30. The third kappa shape index (κ3) is 2.90. The number of rotatable bonds is 3. The Kier molecular flexibility index (Phi) is 4.00. The van der Waals surface area contributed by atoms with E-state index in [9.17, 15) is 9.18 Å². The van der Waals surface area contributed by atoms with Gasteiger partial charge in [-0.25, -0.2) is 4.39 Å². The van der Waals surface area contributed by atoms with E-state index in [1.165, 1.54) is 6.07 Å². The topological polar surface area (TPSA) is 58.1 Å². The van der Waals surface area contributed by atoms with Gasteiger partial charge in [-0.15, -0.1) is 10.2 Å². The van der Waals surface area contributed by atoms with Crippen LogP contribution in [-0.2, 0) is 0 Å². The lowest BCUT2D eigenvalue weighted by Gasteiger charge is -2.15. The van der Waals surface area contributed by atoms with Crippen LogP contribution in [0.25, 0.3) is 0 Å². The van der Waals surface area contributed by atoms with Gasteiger partial charge < -0.3 is 10.2 Å². The molecular weight excluding hydrogens is 283 g/mol. The standard InChI is InChI=1S/C16H17FN4O/c1-11-5-4-6-12(17)15(11)18-16(22)13-7-8-14(20-19-13)21-9-2-3-10-21/h4-8H,2-3,9-10H2,1H3,(H,18,22). The van der Waals surface area contributed by atoms with E-state index in [0.717, 1.165) is 31.7 Å². The quantitative estimate of drug-likeness (QED) is 0.947. The molecule has 1 aliphatic heterocycles. The highest BCUT2D eigenvalue weighted by Crippen LogP contribution is 2.20. The van der Waals surface area contributed by atoms with Gasteiger partial charge in [0.05, 0.1) is 5.69 Å². The Labute approximate surface area is 128 Å². The van der Waals surface area contributed by atoms with Crippen molar-refractivity contribution in [3.63, 3.8) is 0 Å². The first kappa shape index (κ1) is 14.4. The average Bonchev–Trinajstić information content (AvgIpc) is 3.05. The van der Waals surface area contributed by atoms with Gasteiger partial charge in [-0.2, -0.15) is 0 Å². The van der Waals surface area contributed by atoms with Crippen molar-refractivity contribution < 1.29 is 9.18 Å². The zero-order chi connectivity index (χ0) is 15.5. The zero-order valence-electron chi connectivity index (χ0n) is 12.3. The van der Waals surface area contributed by atoms with Crippen molar-refractivity contribution in [1.29, 1.82) is 0 Å². The smallest absolute Gasteiger partial charge is 0.276 e. The number of para-hydroxylation sites is 1. The third-order valence-electron chi connectivity index (χ3n) is 3.77. The van der Waals surface area contributed by atoms with E-state index in [4.69, 9.17) is 0 Å². The molecule has 0 atom stereocenters. The number of halogens is 1. The Hall–Kier alpha value is -2.50. The molecule has 1 aliphatic rings. The lowest BCUT2D eigenvalue weighted by Crippen LogP contribution is -2.21. The minimum absolute atomic E-state index is 0.172. The summed E-state index contributed by atoms with van der Waals surface area (Å²) in [4.78, 5) is 14.3. The highest BCUT2D eigenvalue weighted by Gasteiger charge is 2.16. The summed E-state index contributed by atoms with van der Waals surface area (Å²) in [6, 6.07) is 8.05. The van der Waals surface area contributed by atoms with Gasteiger partial charge in [0.1, 0.15) is 5.82 Å². The molecule has 22 heavy (non-hydrogen) atoms. The van der Waals surface area contributed by atoms with Crippen LogP contribution in [-0.4, -0.2) is 29.2 Å². The molecule has 5 nitrogen and oxygen atoms in total. The molecule has 1 aromatic carbocycles. The van der Waals surface area contributed by atoms with E-state index in [-0.39, 0.29) is 11.4 Å². The van der Waals surface area contributed by atoms with Crippen molar-refractivity contribution >= 4 is 17.4 Å². The van der Waals surface area contributed by atoms with Crippen molar-refractivity contribution in [3.8, 4) is 0 Å². The van der Waals surface area contributed by atoms with E-state index in [0.29, 0.717) is 5.56 Å². The number of aryl methyl sites for hydroxylation is 1. The Balaban J connectivity index is 1.75. The van der Waals surface area contributed by atoms with E-state index >= 15 is 0 Å². The lowest BCUT2D eigenvalue weighted by atomic mass is 10.2. The molecule has 0 bridgehead atoms. The van der Waals surface area contributed by atoms with Crippen molar-refractivity contribution in [3.05, 3.63) is 47.4 Å². The van der Waals surface area contributed by atoms with Crippen LogP contribution in [0.3, 0.4) is 0 Å². The van der Waals surface area contributed by atoms with Gasteiger partial charge in [0.2, 0.25) is 0 Å². The molecule has 1 amide bonds. The molecule has 3 rings (SSSR count). The van der Waals surface area contributed by atoms with Gasteiger partial charge in [0.25, 0.3) is 5.91 Å². The fraction of sp³-hybridized carbons (Fsp3) is 0.312. The van der Waals surface area contributed by atoms with Crippen molar-refractivity contribution in [2.45, 2.75) is 19.8 Å². The Bertz CT molecular complexity index is 661. The van der Waals surface area contributed by atoms with Crippen LogP contribution in [0.5, 0.6) is 0 Å². The summed E-state index contributed by atoms with van der Waals surface area (Å²) >= 11 is 0. The summed E-state index contributed by atoms with van der Waals surface area (Å²) in [7, 11) is 0. The highest BCUT2D eigenvalue weighted by molar-refractivity contribution is 6.03. The minimum atomic E-state index is -0.464. The predicted octanol–water partition coefficient (Wildman–Crippen LogP) is 2.78. The normalized spacial score (nSPS) is 14.2. The van der Waals surface area contributed by atoms with E-state index in [2.05, 4.69) is 20.4 Å². The second-order valence-corrected chi connectivity index (χ2v) is 5.36. The number of benzene rings is 1. The zero-order valence-corrected chi connectivity index (χ0v) is 12.3. The number of hydrogen-bond donors (Lipinski definition) is 1. The van der Waals surface area contributed by atoms with Gasteiger partial charge in [-0.3, -0.25) is 4.79 Å². The first-order chi connectivity index (χ1) is 10.6. The summed E-state index contributed by atoms with van der Waals surface area (Å²) < 4.78 is 13.7. The van der Waals surface area contributed by atoms with Crippen LogP contribution in [0.2, 0.25) is 0 Å². The van der Waals surface area contributed by atoms with E-state index in [1.807, 2.05) is 0 Å². The Morgan fingerprint density at radius 1 is 1.18 bits per heavy atom. The second kappa shape index (κ2) is 6.09. The highest BCUT2D eigenvalue weighted by atomic mass is 19.1. The molecule has 2 heterocycles. The summed E-state index contributed by atoms with van der Waals surface area (Å²) in [6.07, 6.45) is 2.30. The molecule has 114 valence electrons. The maximum absolute atomic E-state index is 13.7. The molecule has 2 aromatic rings. The van der Waals surface area contributed by atoms with Crippen LogP contribution in [0.4, 0.5) is 15.9 Å². The number of anilines is 2. The molecule has 1 saturated heterocycles. The van der Waals surface area contributed by atoms with Crippen LogP contribution in [0, 0.1) is 12.7 Å². The van der Waals surface area contributed by atoms with Crippen LogP contribution in [0.1, 0.15) is 28.9 Å². The molecule has 1 N–H and O–H groups in total. The Morgan fingerprint density at radius 2 is 1.95 bits per heavy atom. The Morgan fingerprint density at radius 3 is 2.59 bits per heavy atom. The van der Waals surface area contributed by atoms with Gasteiger partial charge in [0.15, 0.2) is 11.5 Å². The maximum Gasteiger partial charge on any atom is 0.276 e. The fourth-order valence-electron chi connectivity index (χ4n) is 2.53. The van der Waals surface area contributed by atoms with Crippen LogP contribution >= 0.6 is 0 Å². The molecule has 1 aromatic heterocycles. The largest absolute Gasteiger partial charge is 0.355 e. The molecule has 0 aliphatic carbocycles. The van der Waals surface area contributed by atoms with Gasteiger partial charge in [-0.1, -0.05) is 12.1 Å². The summed E-state index contributed by atoms with van der Waals surface area (Å²) in [5, 5.41) is 10.6. The number of carbonyl (C=O) groups excluding carboxylic acids is 1. The van der Waals surface area contributed by atoms with E-state index < -0.39 is 11.7 Å². The van der Waals surface area contributed by atoms with Crippen LogP contribution in [0.15, 0.2) is 30.3 Å². The van der Waals surface area contributed by atoms with Crippen molar-refractivity contribution in [1.82, 2.24) is 10.2 Å². The SMILES string of the molecule is Cc1cccc(F)c1NC(=O)c1ccc(N2CCCC2)nn1. The maximum atomic E-state index is 13.7. The molecule has 0 unspecified atom stereocenters. The first-order valence-corrected chi connectivity index (χ1v) is 7.30. The van der Waals surface area contributed by atoms with Crippen molar-refractivity contribution in [2.24, 2.45) is 0 Å².